The molecule has 0 amide bonds. The Morgan fingerprint density at radius 1 is 1.06 bits per heavy atom. The number of fused-ring (bicyclic) bond motifs is 1. The standard InChI is InChI=1S/C39H34ClN3O7S/c1-5-49-38(45)33-34(27-9-7-6-8-10-27)41-39-42(35(33)28-15-13-26(14-16-28)23(2)3)37(44)32(51-39)21-25-19-30(40)36(31(20-25)48-4)50-22-24-11-17-29(18-12-24)43(46)47/h6-21,23,35H,5,22H2,1-4H3/b32-21-/t35-/m1/s1. The summed E-state index contributed by atoms with van der Waals surface area (Å²) in [5, 5.41) is 11.2. The number of esters is 1. The Morgan fingerprint density at radius 2 is 1.76 bits per heavy atom. The number of non-ortho nitro benzene ring substituents is 1. The van der Waals surface area contributed by atoms with Crippen molar-refractivity contribution in [3.63, 3.8) is 0 Å². The van der Waals surface area contributed by atoms with E-state index in [0.29, 0.717) is 37.8 Å². The summed E-state index contributed by atoms with van der Waals surface area (Å²) in [6.45, 7) is 6.21. The number of carbonyl (C=O) groups excluding carboxylic acids is 1. The van der Waals surface area contributed by atoms with Crippen LogP contribution in [-0.2, 0) is 16.1 Å². The smallest absolute Gasteiger partial charge is 0.338 e. The van der Waals surface area contributed by atoms with E-state index in [1.165, 1.54) is 30.6 Å². The highest BCUT2D eigenvalue weighted by molar-refractivity contribution is 7.07. The lowest BCUT2D eigenvalue weighted by Crippen LogP contribution is -2.40. The van der Waals surface area contributed by atoms with Crippen molar-refractivity contribution in [3.8, 4) is 11.5 Å². The summed E-state index contributed by atoms with van der Waals surface area (Å²) >= 11 is 7.89. The number of rotatable bonds is 11. The Kier molecular flexibility index (Phi) is 10.5. The minimum Gasteiger partial charge on any atom is -0.493 e. The summed E-state index contributed by atoms with van der Waals surface area (Å²) in [6.07, 6.45) is 1.70. The lowest BCUT2D eigenvalue weighted by atomic mass is 9.91. The van der Waals surface area contributed by atoms with Crippen molar-refractivity contribution in [2.45, 2.75) is 39.3 Å². The molecule has 1 aliphatic rings. The van der Waals surface area contributed by atoms with Crippen molar-refractivity contribution in [1.29, 1.82) is 0 Å². The number of nitro benzene ring substituents is 1. The number of benzene rings is 4. The third-order valence-corrected chi connectivity index (χ3v) is 9.64. The van der Waals surface area contributed by atoms with E-state index in [1.54, 1.807) is 41.8 Å². The number of methoxy groups -OCH3 is 1. The zero-order valence-electron chi connectivity index (χ0n) is 28.3. The van der Waals surface area contributed by atoms with Gasteiger partial charge in [-0.15, -0.1) is 0 Å². The van der Waals surface area contributed by atoms with Gasteiger partial charge in [0.1, 0.15) is 6.61 Å². The third-order valence-electron chi connectivity index (χ3n) is 8.37. The number of hydrogen-bond donors (Lipinski definition) is 0. The molecule has 51 heavy (non-hydrogen) atoms. The van der Waals surface area contributed by atoms with Crippen molar-refractivity contribution in [3.05, 3.63) is 159 Å². The maximum Gasteiger partial charge on any atom is 0.338 e. The van der Waals surface area contributed by atoms with Gasteiger partial charge < -0.3 is 14.2 Å². The first kappa shape index (κ1) is 35.3. The van der Waals surface area contributed by atoms with Crippen molar-refractivity contribution >= 4 is 46.4 Å². The minimum absolute atomic E-state index is 0.0206. The van der Waals surface area contributed by atoms with Gasteiger partial charge in [0.15, 0.2) is 16.3 Å². The van der Waals surface area contributed by atoms with Gasteiger partial charge in [0, 0.05) is 17.7 Å². The Balaban J connectivity index is 1.46. The molecule has 10 nitrogen and oxygen atoms in total. The molecule has 6 rings (SSSR count). The number of ether oxygens (including phenoxy) is 3. The second kappa shape index (κ2) is 15.2. The second-order valence-electron chi connectivity index (χ2n) is 12.0. The largest absolute Gasteiger partial charge is 0.493 e. The topological polar surface area (TPSA) is 122 Å². The van der Waals surface area contributed by atoms with Crippen molar-refractivity contribution in [1.82, 2.24) is 4.57 Å². The molecule has 5 aromatic rings. The molecule has 0 saturated heterocycles. The quantitative estimate of drug-likeness (QED) is 0.0802. The van der Waals surface area contributed by atoms with E-state index in [-0.39, 0.29) is 40.8 Å². The van der Waals surface area contributed by atoms with Gasteiger partial charge in [-0.25, -0.2) is 9.79 Å². The Morgan fingerprint density at radius 3 is 2.39 bits per heavy atom. The molecule has 0 aliphatic carbocycles. The number of carbonyl (C=O) groups is 1. The molecule has 1 atom stereocenters. The molecular formula is C39H34ClN3O7S. The van der Waals surface area contributed by atoms with Crippen LogP contribution in [0.1, 0.15) is 60.5 Å². The number of halogens is 1. The molecule has 12 heteroatoms. The zero-order chi connectivity index (χ0) is 36.2. The number of aromatic nitrogens is 1. The van der Waals surface area contributed by atoms with E-state index < -0.39 is 16.9 Å². The summed E-state index contributed by atoms with van der Waals surface area (Å²) in [5.41, 5.74) is 4.25. The molecule has 1 aliphatic heterocycles. The predicted octanol–water partition coefficient (Wildman–Crippen LogP) is 7.21. The van der Waals surface area contributed by atoms with Gasteiger partial charge in [-0.05, 0) is 65.4 Å². The first-order chi connectivity index (χ1) is 24.6. The van der Waals surface area contributed by atoms with E-state index >= 15 is 0 Å². The highest BCUT2D eigenvalue weighted by Gasteiger charge is 2.35. The van der Waals surface area contributed by atoms with Crippen LogP contribution in [0.2, 0.25) is 5.02 Å². The average Bonchev–Trinajstić information content (AvgIpc) is 3.44. The monoisotopic (exact) mass is 723 g/mol. The van der Waals surface area contributed by atoms with Gasteiger partial charge in [0.25, 0.3) is 11.2 Å². The summed E-state index contributed by atoms with van der Waals surface area (Å²) in [7, 11) is 1.48. The Bertz CT molecular complexity index is 2310. The summed E-state index contributed by atoms with van der Waals surface area (Å²) in [6, 6.07) is 25.9. The van der Waals surface area contributed by atoms with Gasteiger partial charge in [0.2, 0.25) is 0 Å². The second-order valence-corrected chi connectivity index (χ2v) is 13.4. The molecule has 4 aromatic carbocycles. The summed E-state index contributed by atoms with van der Waals surface area (Å²) in [5.74, 6) is 0.368. The van der Waals surface area contributed by atoms with Gasteiger partial charge in [0.05, 0.1) is 45.5 Å². The van der Waals surface area contributed by atoms with Crippen LogP contribution in [0.15, 0.2) is 106 Å². The van der Waals surface area contributed by atoms with Crippen LogP contribution in [0.25, 0.3) is 11.8 Å². The first-order valence-electron chi connectivity index (χ1n) is 16.2. The fraction of sp³-hybridized carbons (Fsp3) is 0.205. The summed E-state index contributed by atoms with van der Waals surface area (Å²) < 4.78 is 19.1. The number of nitro groups is 1. The van der Waals surface area contributed by atoms with Gasteiger partial charge in [-0.1, -0.05) is 91.4 Å². The lowest BCUT2D eigenvalue weighted by Gasteiger charge is -2.26. The molecule has 1 aromatic heterocycles. The zero-order valence-corrected chi connectivity index (χ0v) is 29.9. The van der Waals surface area contributed by atoms with Gasteiger partial charge in [-0.3, -0.25) is 19.5 Å². The fourth-order valence-electron chi connectivity index (χ4n) is 5.80. The lowest BCUT2D eigenvalue weighted by molar-refractivity contribution is -0.384. The molecule has 0 N–H and O–H groups in total. The SMILES string of the molecule is CCOC(=O)C1=C(c2ccccc2)N=c2s/c(=C\c3cc(Cl)c(OCc4ccc([N+](=O)[O-])cc4)c(OC)c3)c(=O)n2[C@@H]1c1ccc(C(C)C)cc1. The number of thiazole rings is 1. The third kappa shape index (κ3) is 7.35. The van der Waals surface area contributed by atoms with Crippen molar-refractivity contribution in [2.75, 3.05) is 13.7 Å². The van der Waals surface area contributed by atoms with E-state index in [9.17, 15) is 19.7 Å². The van der Waals surface area contributed by atoms with E-state index in [2.05, 4.69) is 13.8 Å². The van der Waals surface area contributed by atoms with Crippen LogP contribution in [0, 0.1) is 10.1 Å². The average molecular weight is 724 g/mol. The molecular weight excluding hydrogens is 690 g/mol. The van der Waals surface area contributed by atoms with Crippen LogP contribution in [0.5, 0.6) is 11.5 Å². The number of hydrogen-bond acceptors (Lipinski definition) is 9. The normalized spacial score (nSPS) is 14.2. The molecule has 0 unspecified atom stereocenters. The fourth-order valence-corrected chi connectivity index (χ4v) is 7.08. The van der Waals surface area contributed by atoms with Crippen LogP contribution in [0.3, 0.4) is 0 Å². The molecule has 0 spiro atoms. The predicted molar refractivity (Wildman–Crippen MR) is 197 cm³/mol. The van der Waals surface area contributed by atoms with Crippen molar-refractivity contribution < 1.29 is 23.9 Å². The summed E-state index contributed by atoms with van der Waals surface area (Å²) in [4.78, 5) is 44.0. The molecule has 0 bridgehead atoms. The van der Waals surface area contributed by atoms with Gasteiger partial charge >= 0.3 is 5.97 Å². The van der Waals surface area contributed by atoms with Crippen LogP contribution >= 0.6 is 22.9 Å². The Hall–Kier alpha value is -5.52. The van der Waals surface area contributed by atoms with Crippen LogP contribution in [0.4, 0.5) is 5.69 Å². The number of nitrogens with zero attached hydrogens (tertiary/aromatic N) is 3. The molecule has 0 radical (unpaired) electrons. The highest BCUT2D eigenvalue weighted by atomic mass is 35.5. The molecule has 0 saturated carbocycles. The molecule has 2 heterocycles. The van der Waals surface area contributed by atoms with E-state index in [4.69, 9.17) is 30.8 Å². The molecule has 0 fully saturated rings. The van der Waals surface area contributed by atoms with E-state index in [0.717, 1.165) is 16.7 Å². The van der Waals surface area contributed by atoms with Crippen LogP contribution in [-0.4, -0.2) is 29.2 Å². The maximum absolute atomic E-state index is 14.4. The highest BCUT2D eigenvalue weighted by Crippen LogP contribution is 2.38. The van der Waals surface area contributed by atoms with Crippen molar-refractivity contribution in [2.24, 2.45) is 4.99 Å². The van der Waals surface area contributed by atoms with Gasteiger partial charge in [-0.2, -0.15) is 0 Å². The Labute approximate surface area is 302 Å². The van der Waals surface area contributed by atoms with Crippen LogP contribution < -0.4 is 24.4 Å². The minimum atomic E-state index is -0.799. The first-order valence-corrected chi connectivity index (χ1v) is 17.4. The molecule has 260 valence electrons. The van der Waals surface area contributed by atoms with E-state index in [1.807, 2.05) is 54.6 Å². The maximum atomic E-state index is 14.4.